The normalized spacial score (nSPS) is 28.8. The zero-order chi connectivity index (χ0) is 64.5. The van der Waals surface area contributed by atoms with Gasteiger partial charge in [-0.15, -0.1) is 0 Å². The fraction of sp³-hybridized carbons (Fsp3) is 0.304. The number of anilines is 8. The van der Waals surface area contributed by atoms with Gasteiger partial charge >= 0.3 is 0 Å². The molecule has 0 aromatic heterocycles. The highest BCUT2D eigenvalue weighted by molar-refractivity contribution is 6.32. The zero-order valence-electron chi connectivity index (χ0n) is 57.0. The second-order valence-corrected chi connectivity index (χ2v) is 31.8. The molecule has 4 nitrogen and oxygen atoms in total. The minimum atomic E-state index is -0.0226. The molecule has 12 unspecified atom stereocenters. The van der Waals surface area contributed by atoms with Crippen LogP contribution in [0.25, 0.3) is 76.8 Å². The van der Waals surface area contributed by atoms with Crippen molar-refractivity contribution >= 4 is 77.8 Å². The SMILES string of the molecule is CC1CCC2c3cc(-c4cc(-c5ccc6c(c5)C5CCC(C)C5(C)N6c5ccccc5)c5ccc6c(-c7ccc8c(c7)C7CCC(C)C7(C)N8c7ccccc7)cc(-c7ccc8c(c7)C7CCC(C)C7(C)N8c7ccccc7)c7ccc4c5c76)ccc3N(c3ccccc3)C12C. The summed E-state index contributed by atoms with van der Waals surface area (Å²) >= 11 is 0. The van der Waals surface area contributed by atoms with E-state index in [0.29, 0.717) is 47.3 Å². The second-order valence-electron chi connectivity index (χ2n) is 31.8. The summed E-state index contributed by atoms with van der Waals surface area (Å²) in [4.78, 5) is 10.9. The highest BCUT2D eigenvalue weighted by atomic mass is 15.3. The Kier molecular flexibility index (Phi) is 12.0. The maximum Gasteiger partial charge on any atom is 0.0518 e. The number of hydrogen-bond acceptors (Lipinski definition) is 4. The number of nitrogens with zero attached hydrogens (tertiary/aromatic N) is 4. The summed E-state index contributed by atoms with van der Waals surface area (Å²) < 4.78 is 0. The van der Waals surface area contributed by atoms with E-state index >= 15 is 0 Å². The van der Waals surface area contributed by atoms with Crippen LogP contribution < -0.4 is 19.6 Å². The Balaban J connectivity index is 0.857. The second kappa shape index (κ2) is 20.2. The van der Waals surface area contributed by atoms with E-state index in [4.69, 9.17) is 0 Å². The summed E-state index contributed by atoms with van der Waals surface area (Å²) in [6, 6.07) is 91.1. The number of benzene rings is 12. The molecule has 4 heteroatoms. The van der Waals surface area contributed by atoms with Gasteiger partial charge in [0.05, 0.1) is 22.2 Å². The molecule has 96 heavy (non-hydrogen) atoms. The van der Waals surface area contributed by atoms with Crippen LogP contribution in [0.4, 0.5) is 45.5 Å². The lowest BCUT2D eigenvalue weighted by atomic mass is 9.79. The lowest BCUT2D eigenvalue weighted by Gasteiger charge is -2.41. The number of fused-ring (bicyclic) bond motifs is 12. The van der Waals surface area contributed by atoms with Gasteiger partial charge in [0.2, 0.25) is 0 Å². The van der Waals surface area contributed by atoms with Gasteiger partial charge < -0.3 is 19.6 Å². The van der Waals surface area contributed by atoms with Gasteiger partial charge in [0.25, 0.3) is 0 Å². The van der Waals surface area contributed by atoms with E-state index in [9.17, 15) is 0 Å². The fourth-order valence-corrected chi connectivity index (χ4v) is 22.5. The molecule has 0 saturated heterocycles. The van der Waals surface area contributed by atoms with Gasteiger partial charge in [0.15, 0.2) is 0 Å². The van der Waals surface area contributed by atoms with Crippen LogP contribution in [0.3, 0.4) is 0 Å². The van der Waals surface area contributed by atoms with Gasteiger partial charge in [0.1, 0.15) is 0 Å². The van der Waals surface area contributed by atoms with E-state index < -0.39 is 0 Å². The molecule has 4 aliphatic heterocycles. The molecule has 20 rings (SSSR count). The summed E-state index contributed by atoms with van der Waals surface area (Å²) in [5, 5.41) is 8.06. The molecule has 0 amide bonds. The fourth-order valence-electron chi connectivity index (χ4n) is 22.5. The predicted molar refractivity (Wildman–Crippen MR) is 404 cm³/mol. The van der Waals surface area contributed by atoms with Gasteiger partial charge in [-0.05, 0) is 311 Å². The van der Waals surface area contributed by atoms with E-state index in [1.807, 2.05) is 0 Å². The van der Waals surface area contributed by atoms with Crippen molar-refractivity contribution in [3.05, 3.63) is 253 Å². The highest BCUT2D eigenvalue weighted by Gasteiger charge is 2.59. The van der Waals surface area contributed by atoms with Gasteiger partial charge in [-0.3, -0.25) is 0 Å². The molecular weight excluding hydrogens is 1160 g/mol. The van der Waals surface area contributed by atoms with Crippen molar-refractivity contribution in [1.82, 2.24) is 0 Å². The van der Waals surface area contributed by atoms with Gasteiger partial charge in [-0.25, -0.2) is 0 Å². The average Bonchev–Trinajstić information content (AvgIpc) is 1.38. The van der Waals surface area contributed by atoms with Crippen molar-refractivity contribution in [2.24, 2.45) is 23.7 Å². The van der Waals surface area contributed by atoms with Crippen LogP contribution in [0.5, 0.6) is 0 Å². The molecule has 0 N–H and O–H groups in total. The van der Waals surface area contributed by atoms with Gasteiger partial charge in [-0.2, -0.15) is 0 Å². The molecular formula is C92H86N4. The standard InChI is InChI=1S/C92H86N4/c1-55-29-41-79-75-49-59(33-45-83(75)93(89(55,79)5)63-21-13-9-14-22-63)71-53-72(60-34-46-84-76(50-60)80-42-30-56(2)90(80,6)94(84)64-23-15-10-16-24-64)68-39-40-70-74(62-36-48-86-78(52-62)82-44-32-58(4)92(82,8)96(86)66-27-19-12-20-28-66)54-73(69-38-37-67(71)87(68)88(69)70)61-35-47-85-77(51-61)81-43-31-57(3)91(81,7)95(85)65-25-17-11-18-26-65/h9-28,33-40,45-58,79-82H,29-32,41-44H2,1-8H3. The topological polar surface area (TPSA) is 13.0 Å². The van der Waals surface area contributed by atoms with Crippen molar-refractivity contribution in [1.29, 1.82) is 0 Å². The average molecular weight is 1250 g/mol. The number of para-hydroxylation sites is 4. The van der Waals surface area contributed by atoms with Crippen LogP contribution in [0.2, 0.25) is 0 Å². The van der Waals surface area contributed by atoms with Crippen LogP contribution in [0, 0.1) is 23.7 Å². The van der Waals surface area contributed by atoms with Gasteiger partial charge in [-0.1, -0.05) is 149 Å². The van der Waals surface area contributed by atoms with E-state index in [0.717, 1.165) is 0 Å². The van der Waals surface area contributed by atoms with Crippen LogP contribution in [0.15, 0.2) is 231 Å². The molecule has 474 valence electrons. The van der Waals surface area contributed by atoms with E-state index in [1.54, 1.807) is 0 Å². The first kappa shape index (κ1) is 57.2. The summed E-state index contributed by atoms with van der Waals surface area (Å²) in [6.07, 6.45) is 9.68. The first-order valence-electron chi connectivity index (χ1n) is 36.5. The summed E-state index contributed by atoms with van der Waals surface area (Å²) in [7, 11) is 0. The Labute approximate surface area is 567 Å². The van der Waals surface area contributed by atoms with Crippen LogP contribution in [-0.2, 0) is 0 Å². The Morgan fingerprint density at radius 3 is 0.688 bits per heavy atom. The molecule has 4 aliphatic carbocycles. The first-order valence-corrected chi connectivity index (χ1v) is 36.5. The molecule has 0 radical (unpaired) electrons. The highest BCUT2D eigenvalue weighted by Crippen LogP contribution is 2.67. The van der Waals surface area contributed by atoms with E-state index in [-0.39, 0.29) is 22.2 Å². The van der Waals surface area contributed by atoms with Crippen LogP contribution >= 0.6 is 0 Å². The lowest BCUT2D eigenvalue weighted by Crippen LogP contribution is -2.45. The Bertz CT molecular complexity index is 4540. The first-order chi connectivity index (χ1) is 46.8. The lowest BCUT2D eigenvalue weighted by molar-refractivity contribution is 0.355. The van der Waals surface area contributed by atoms with E-state index in [1.165, 1.54) is 196 Å². The number of rotatable bonds is 8. The summed E-state index contributed by atoms with van der Waals surface area (Å²) in [5.41, 5.74) is 27.1. The summed E-state index contributed by atoms with van der Waals surface area (Å²) in [6.45, 7) is 20.3. The van der Waals surface area contributed by atoms with Crippen molar-refractivity contribution in [3.63, 3.8) is 0 Å². The van der Waals surface area contributed by atoms with Gasteiger partial charge in [0, 0.05) is 69.2 Å². The largest absolute Gasteiger partial charge is 0.334 e. The molecule has 12 aromatic rings. The summed E-state index contributed by atoms with van der Waals surface area (Å²) in [5.74, 6) is 3.89. The van der Waals surface area contributed by atoms with Crippen LogP contribution in [0.1, 0.15) is 153 Å². The number of hydrogen-bond donors (Lipinski definition) is 0. The third kappa shape index (κ3) is 7.36. The Morgan fingerprint density at radius 2 is 0.469 bits per heavy atom. The van der Waals surface area contributed by atoms with E-state index in [2.05, 4.69) is 306 Å². The Morgan fingerprint density at radius 1 is 0.250 bits per heavy atom. The molecule has 4 fully saturated rings. The molecule has 12 aromatic carbocycles. The van der Waals surface area contributed by atoms with Crippen molar-refractivity contribution in [2.75, 3.05) is 19.6 Å². The maximum absolute atomic E-state index is 2.73. The minimum Gasteiger partial charge on any atom is -0.334 e. The molecule has 8 aliphatic rings. The van der Waals surface area contributed by atoms with Crippen molar-refractivity contribution < 1.29 is 0 Å². The smallest absolute Gasteiger partial charge is 0.0518 e. The zero-order valence-corrected chi connectivity index (χ0v) is 57.0. The van der Waals surface area contributed by atoms with Crippen molar-refractivity contribution in [2.45, 2.75) is 153 Å². The molecule has 0 spiro atoms. The third-order valence-corrected chi connectivity index (χ3v) is 28.1. The molecule has 0 bridgehead atoms. The molecule has 12 atom stereocenters. The maximum atomic E-state index is 2.73. The minimum absolute atomic E-state index is 0.0226. The Hall–Kier alpha value is -9.12. The quantitative estimate of drug-likeness (QED) is 0.141. The molecule has 4 heterocycles. The monoisotopic (exact) mass is 1250 g/mol. The third-order valence-electron chi connectivity index (χ3n) is 28.1. The van der Waals surface area contributed by atoms with Crippen molar-refractivity contribution in [3.8, 4) is 44.5 Å². The molecule has 4 saturated carbocycles. The van der Waals surface area contributed by atoms with Crippen LogP contribution in [-0.4, -0.2) is 22.2 Å². The predicted octanol–water partition coefficient (Wildman–Crippen LogP) is 24.9.